The molecule has 1 aliphatic rings. The lowest BCUT2D eigenvalue weighted by molar-refractivity contribution is 0.449. The minimum absolute atomic E-state index is 0.0594. The lowest BCUT2D eigenvalue weighted by Crippen LogP contribution is -2.39. The molecule has 0 radical (unpaired) electrons. The summed E-state index contributed by atoms with van der Waals surface area (Å²) >= 11 is 0. The van der Waals surface area contributed by atoms with Crippen molar-refractivity contribution in [2.75, 3.05) is 18.8 Å². The molecule has 29 heavy (non-hydrogen) atoms. The highest BCUT2D eigenvalue weighted by molar-refractivity contribution is 7.90. The molecule has 0 bridgehead atoms. The molecule has 5 nitrogen and oxygen atoms in total. The molecule has 1 fully saturated rings. The van der Waals surface area contributed by atoms with Crippen LogP contribution in [0, 0.1) is 0 Å². The van der Waals surface area contributed by atoms with Crippen molar-refractivity contribution >= 4 is 37.9 Å². The van der Waals surface area contributed by atoms with E-state index < -0.39 is 10.0 Å². The fraction of sp³-hybridized carbons (Fsp3) is 0.174. The van der Waals surface area contributed by atoms with E-state index in [0.29, 0.717) is 5.92 Å². The molecule has 1 saturated heterocycles. The largest absolute Gasteiger partial charge is 0.315 e. The molecule has 146 valence electrons. The number of nitrogens with zero attached hydrogens (tertiary/aromatic N) is 2. The molecule has 0 saturated carbocycles. The minimum Gasteiger partial charge on any atom is -0.315 e. The van der Waals surface area contributed by atoms with Crippen molar-refractivity contribution in [1.82, 2.24) is 14.3 Å². The van der Waals surface area contributed by atoms with Gasteiger partial charge < -0.3 is 5.32 Å². The third-order valence-corrected chi connectivity index (χ3v) is 7.01. The highest BCUT2D eigenvalue weighted by Crippen LogP contribution is 2.26. The van der Waals surface area contributed by atoms with Gasteiger partial charge in [0.05, 0.1) is 16.8 Å². The van der Waals surface area contributed by atoms with E-state index >= 15 is 0 Å². The van der Waals surface area contributed by atoms with Crippen molar-refractivity contribution in [1.29, 1.82) is 0 Å². The van der Waals surface area contributed by atoms with Crippen molar-refractivity contribution < 1.29 is 8.42 Å². The highest BCUT2D eigenvalue weighted by atomic mass is 32.2. The Morgan fingerprint density at radius 1 is 1.07 bits per heavy atom. The van der Waals surface area contributed by atoms with Crippen molar-refractivity contribution in [3.63, 3.8) is 0 Å². The maximum absolute atomic E-state index is 12.9. The maximum atomic E-state index is 12.9. The molecule has 0 atom stereocenters. The van der Waals surface area contributed by atoms with E-state index in [1.165, 1.54) is 9.54 Å². The first-order valence-electron chi connectivity index (χ1n) is 9.66. The number of fused-ring (bicyclic) bond motifs is 2. The second-order valence-electron chi connectivity index (χ2n) is 7.42. The fourth-order valence-corrected chi connectivity index (χ4v) is 4.95. The highest BCUT2D eigenvalue weighted by Gasteiger charge is 2.20. The van der Waals surface area contributed by atoms with Crippen LogP contribution in [0.4, 0.5) is 0 Å². The van der Waals surface area contributed by atoms with E-state index in [1.54, 1.807) is 18.5 Å². The first-order valence-corrected chi connectivity index (χ1v) is 11.3. The van der Waals surface area contributed by atoms with Gasteiger partial charge >= 0.3 is 0 Å². The van der Waals surface area contributed by atoms with Crippen LogP contribution >= 0.6 is 0 Å². The molecule has 5 rings (SSSR count). The Labute approximate surface area is 169 Å². The van der Waals surface area contributed by atoms with E-state index in [1.807, 2.05) is 54.6 Å². The van der Waals surface area contributed by atoms with Gasteiger partial charge in [-0.05, 0) is 47.5 Å². The standard InChI is InChI=1S/C23H21N3O2S/c27-29(28,12-2-3-17-5-7-22-19(13-17)4-1-10-25-22)26-11-9-20-14-18(6-8-23(20)26)21-15-24-16-21/h1-11,13-14,21,24H,12,15-16H2. The molecule has 3 heterocycles. The van der Waals surface area contributed by atoms with E-state index in [4.69, 9.17) is 0 Å². The summed E-state index contributed by atoms with van der Waals surface area (Å²) in [6, 6.07) is 17.7. The predicted molar refractivity (Wildman–Crippen MR) is 118 cm³/mol. The van der Waals surface area contributed by atoms with Gasteiger partial charge in [-0.3, -0.25) is 4.98 Å². The topological polar surface area (TPSA) is 64.0 Å². The quantitative estimate of drug-likeness (QED) is 0.551. The smallest absolute Gasteiger partial charge is 0.242 e. The SMILES string of the molecule is O=S(=O)(CC=Cc1ccc2ncccc2c1)n1ccc2cc(C3CNC3)ccc21. The van der Waals surface area contributed by atoms with Crippen LogP contribution in [-0.2, 0) is 10.0 Å². The molecular weight excluding hydrogens is 382 g/mol. The van der Waals surface area contributed by atoms with Gasteiger partial charge in [0.2, 0.25) is 10.0 Å². The summed E-state index contributed by atoms with van der Waals surface area (Å²) in [5.41, 5.74) is 3.87. The van der Waals surface area contributed by atoms with Crippen LogP contribution in [0.1, 0.15) is 17.0 Å². The molecule has 0 spiro atoms. The molecule has 6 heteroatoms. The van der Waals surface area contributed by atoms with Crippen molar-refractivity contribution in [2.24, 2.45) is 0 Å². The molecule has 0 unspecified atom stereocenters. The van der Waals surface area contributed by atoms with Gasteiger partial charge in [-0.25, -0.2) is 12.4 Å². The molecule has 1 aliphatic heterocycles. The van der Waals surface area contributed by atoms with Crippen LogP contribution in [0.2, 0.25) is 0 Å². The fourth-order valence-electron chi connectivity index (χ4n) is 3.74. The Balaban J connectivity index is 1.38. The van der Waals surface area contributed by atoms with Gasteiger partial charge in [0, 0.05) is 42.2 Å². The van der Waals surface area contributed by atoms with Crippen LogP contribution in [-0.4, -0.2) is 36.2 Å². The summed E-state index contributed by atoms with van der Waals surface area (Å²) in [5, 5.41) is 5.27. The molecule has 2 aromatic carbocycles. The zero-order valence-corrected chi connectivity index (χ0v) is 16.6. The summed E-state index contributed by atoms with van der Waals surface area (Å²) in [7, 11) is -3.48. The second kappa shape index (κ2) is 7.13. The monoisotopic (exact) mass is 403 g/mol. The van der Waals surface area contributed by atoms with E-state index in [-0.39, 0.29) is 5.75 Å². The van der Waals surface area contributed by atoms with E-state index in [2.05, 4.69) is 16.4 Å². The Morgan fingerprint density at radius 2 is 1.97 bits per heavy atom. The first-order chi connectivity index (χ1) is 14.1. The normalized spacial score (nSPS) is 15.3. The third-order valence-electron chi connectivity index (χ3n) is 5.48. The first kappa shape index (κ1) is 18.1. The lowest BCUT2D eigenvalue weighted by Gasteiger charge is -2.27. The summed E-state index contributed by atoms with van der Waals surface area (Å²) in [6.07, 6.45) is 6.96. The summed E-state index contributed by atoms with van der Waals surface area (Å²) in [6.45, 7) is 1.97. The van der Waals surface area contributed by atoms with Crippen molar-refractivity contribution in [3.8, 4) is 0 Å². The molecule has 2 aromatic heterocycles. The number of benzene rings is 2. The van der Waals surface area contributed by atoms with Gasteiger partial charge in [0.25, 0.3) is 0 Å². The third kappa shape index (κ3) is 3.45. The number of aromatic nitrogens is 2. The van der Waals surface area contributed by atoms with Crippen LogP contribution in [0.25, 0.3) is 27.9 Å². The number of nitrogens with one attached hydrogen (secondary N) is 1. The number of hydrogen-bond donors (Lipinski definition) is 1. The van der Waals surface area contributed by atoms with Gasteiger partial charge in [-0.15, -0.1) is 0 Å². The van der Waals surface area contributed by atoms with Gasteiger partial charge in [-0.1, -0.05) is 30.4 Å². The van der Waals surface area contributed by atoms with Crippen LogP contribution in [0.3, 0.4) is 0 Å². The zero-order valence-electron chi connectivity index (χ0n) is 15.8. The molecule has 0 amide bonds. The van der Waals surface area contributed by atoms with Crippen LogP contribution in [0.15, 0.2) is 73.1 Å². The Morgan fingerprint density at radius 3 is 2.79 bits per heavy atom. The molecule has 1 N–H and O–H groups in total. The lowest BCUT2D eigenvalue weighted by atomic mass is 9.93. The van der Waals surface area contributed by atoms with Gasteiger partial charge in [-0.2, -0.15) is 0 Å². The summed E-state index contributed by atoms with van der Waals surface area (Å²) in [5.74, 6) is 0.468. The average molecular weight is 404 g/mol. The molecule has 0 aliphatic carbocycles. The number of hydrogen-bond acceptors (Lipinski definition) is 4. The minimum atomic E-state index is -3.48. The van der Waals surface area contributed by atoms with Crippen molar-refractivity contribution in [3.05, 3.63) is 84.2 Å². The van der Waals surface area contributed by atoms with Crippen molar-refractivity contribution in [2.45, 2.75) is 5.92 Å². The Bertz CT molecular complexity index is 1330. The Kier molecular flexibility index (Phi) is 4.45. The van der Waals surface area contributed by atoms with Gasteiger partial charge in [0.1, 0.15) is 0 Å². The van der Waals surface area contributed by atoms with Crippen LogP contribution < -0.4 is 5.32 Å². The maximum Gasteiger partial charge on any atom is 0.242 e. The predicted octanol–water partition coefficient (Wildman–Crippen LogP) is 3.77. The number of rotatable bonds is 5. The number of pyridine rings is 1. The van der Waals surface area contributed by atoms with E-state index in [0.717, 1.165) is 40.5 Å². The average Bonchev–Trinajstić information content (AvgIpc) is 3.11. The molecular formula is C23H21N3O2S. The second-order valence-corrected chi connectivity index (χ2v) is 9.31. The van der Waals surface area contributed by atoms with Gasteiger partial charge in [0.15, 0.2) is 0 Å². The zero-order chi connectivity index (χ0) is 19.8. The van der Waals surface area contributed by atoms with Crippen LogP contribution in [0.5, 0.6) is 0 Å². The van der Waals surface area contributed by atoms with E-state index in [9.17, 15) is 8.42 Å². The summed E-state index contributed by atoms with van der Waals surface area (Å²) < 4.78 is 27.2. The molecule has 4 aromatic rings. The summed E-state index contributed by atoms with van der Waals surface area (Å²) in [4.78, 5) is 4.30. The Hall–Kier alpha value is -2.96.